The molecule has 1 radical (unpaired) electrons. The first-order chi connectivity index (χ1) is 19.2. The number of aliphatic hydroxyl groups excluding tert-OH is 2. The molecule has 0 aliphatic heterocycles. The second kappa shape index (κ2) is 14.7. The van der Waals surface area contributed by atoms with Crippen LogP contribution >= 0.6 is 0 Å². The van der Waals surface area contributed by atoms with E-state index in [0.717, 1.165) is 49.8 Å². The molecule has 2 aliphatic rings. The number of benzene rings is 2. The Balaban J connectivity index is 0.000000221. The largest absolute Gasteiger partial charge is 0.392 e. The maximum absolute atomic E-state index is 11.2. The molecule has 2 aliphatic carbocycles. The number of hydrogen-bond donors (Lipinski definition) is 2. The fraction of sp³-hybridized carbons (Fsp3) is 0.595. The van der Waals surface area contributed by atoms with Crippen molar-refractivity contribution < 1.29 is 30.3 Å². The normalized spacial score (nSPS) is 24.9. The predicted octanol–water partition coefficient (Wildman–Crippen LogP) is 9.35. The molecule has 0 bridgehead atoms. The standard InChI is InChI=1S/C19H36O2.C18H16N.Ir/c1-5-18(6-2)12-9-10-14-11-13-19(7-3,8-4)17(21)15(14)16(18)20;1-13(2)15-8-9-16-12-19-18(11-17(16)10-15)14-6-4-3-5-7-14;/h14-17,20-21H,5-13H2,1-4H3;3-6,8-13H,1-2H3;/q;-1;. The first kappa shape index (κ1) is 33.9. The van der Waals surface area contributed by atoms with E-state index in [1.165, 1.54) is 35.6 Å². The van der Waals surface area contributed by atoms with Crippen molar-refractivity contribution in [3.63, 3.8) is 0 Å². The minimum Gasteiger partial charge on any atom is -0.392 e. The van der Waals surface area contributed by atoms with Crippen LogP contribution in [-0.4, -0.2) is 27.4 Å². The van der Waals surface area contributed by atoms with Gasteiger partial charge in [0.25, 0.3) is 0 Å². The first-order valence-corrected chi connectivity index (χ1v) is 16.0. The molecule has 0 saturated heterocycles. The molecular weight excluding hydrogens is 683 g/mol. The van der Waals surface area contributed by atoms with E-state index in [1.54, 1.807) is 0 Å². The van der Waals surface area contributed by atoms with Crippen molar-refractivity contribution in [2.24, 2.45) is 22.7 Å². The summed E-state index contributed by atoms with van der Waals surface area (Å²) >= 11 is 0. The zero-order valence-corrected chi connectivity index (χ0v) is 28.5. The van der Waals surface area contributed by atoms with E-state index < -0.39 is 0 Å². The summed E-state index contributed by atoms with van der Waals surface area (Å²) in [6.07, 6.45) is 11.3. The number of aliphatic hydroxyl groups is 2. The Hall–Kier alpha value is -1.58. The van der Waals surface area contributed by atoms with Gasteiger partial charge in [-0.3, -0.25) is 0 Å². The van der Waals surface area contributed by atoms with Crippen LogP contribution in [0.3, 0.4) is 0 Å². The summed E-state index contributed by atoms with van der Waals surface area (Å²) in [6, 6.07) is 19.9. The third kappa shape index (κ3) is 6.98. The minimum absolute atomic E-state index is 0. The van der Waals surface area contributed by atoms with Crippen LogP contribution in [0.2, 0.25) is 0 Å². The van der Waals surface area contributed by atoms with Crippen LogP contribution in [-0.2, 0) is 20.1 Å². The van der Waals surface area contributed by atoms with Crippen LogP contribution in [0.15, 0.2) is 54.7 Å². The van der Waals surface area contributed by atoms with E-state index in [-0.39, 0.29) is 49.1 Å². The van der Waals surface area contributed by atoms with Gasteiger partial charge in [-0.25, -0.2) is 0 Å². The number of hydrogen-bond acceptors (Lipinski definition) is 3. The fourth-order valence-electron chi connectivity index (χ4n) is 7.78. The molecule has 1 heterocycles. The van der Waals surface area contributed by atoms with Gasteiger partial charge in [0.1, 0.15) is 0 Å². The van der Waals surface area contributed by atoms with Crippen molar-refractivity contribution in [3.8, 4) is 11.3 Å². The van der Waals surface area contributed by atoms with Crippen molar-refractivity contribution >= 4 is 10.8 Å². The van der Waals surface area contributed by atoms with E-state index in [1.807, 2.05) is 30.5 Å². The molecule has 2 aromatic carbocycles. The summed E-state index contributed by atoms with van der Waals surface area (Å²) < 4.78 is 0. The minimum atomic E-state index is -0.326. The monoisotopic (exact) mass is 735 g/mol. The van der Waals surface area contributed by atoms with Gasteiger partial charge in [-0.1, -0.05) is 72.2 Å². The molecule has 0 amide bonds. The summed E-state index contributed by atoms with van der Waals surface area (Å²) in [4.78, 5) is 4.52. The van der Waals surface area contributed by atoms with E-state index in [4.69, 9.17) is 0 Å². The van der Waals surface area contributed by atoms with Gasteiger partial charge < -0.3 is 15.2 Å². The average Bonchev–Trinajstić information content (AvgIpc) is 3.14. The molecule has 3 aromatic rings. The van der Waals surface area contributed by atoms with Crippen LogP contribution in [0.1, 0.15) is 111 Å². The summed E-state index contributed by atoms with van der Waals surface area (Å²) in [5, 5.41) is 24.8. The summed E-state index contributed by atoms with van der Waals surface area (Å²) in [6.45, 7) is 13.3. The molecule has 4 unspecified atom stereocenters. The average molecular weight is 735 g/mol. The number of fused-ring (bicyclic) bond motifs is 2. The number of rotatable bonds is 6. The van der Waals surface area contributed by atoms with E-state index in [9.17, 15) is 10.2 Å². The van der Waals surface area contributed by atoms with Gasteiger partial charge in [-0.2, -0.15) is 0 Å². The van der Waals surface area contributed by atoms with Gasteiger partial charge in [-0.15, -0.1) is 35.9 Å². The molecule has 4 heteroatoms. The second-order valence-corrected chi connectivity index (χ2v) is 12.9. The topological polar surface area (TPSA) is 53.4 Å². The van der Waals surface area contributed by atoms with E-state index in [2.05, 4.69) is 76.9 Å². The predicted molar refractivity (Wildman–Crippen MR) is 168 cm³/mol. The maximum Gasteiger partial charge on any atom is 0.0651 e. The summed E-state index contributed by atoms with van der Waals surface area (Å²) in [7, 11) is 0. The molecule has 227 valence electrons. The Labute approximate surface area is 262 Å². The van der Waals surface area contributed by atoms with Crippen LogP contribution < -0.4 is 0 Å². The van der Waals surface area contributed by atoms with Crippen molar-refractivity contribution in [2.45, 2.75) is 117 Å². The van der Waals surface area contributed by atoms with Gasteiger partial charge >= 0.3 is 0 Å². The summed E-state index contributed by atoms with van der Waals surface area (Å²) in [5.74, 6) is 1.17. The molecule has 41 heavy (non-hydrogen) atoms. The Morgan fingerprint density at radius 3 is 2.10 bits per heavy atom. The molecule has 3 nitrogen and oxygen atoms in total. The molecule has 5 rings (SSSR count). The SMILES string of the molecule is CC(C)c1ccc2cnc(-c3[c-]cccc3)cc2c1.CCC1(CC)CCCC2CCC(CC)(CC)C(O)C2C1O.[Ir]. The molecule has 4 atom stereocenters. The number of nitrogens with zero attached hydrogens (tertiary/aromatic N) is 1. The van der Waals surface area contributed by atoms with Crippen LogP contribution in [0.25, 0.3) is 22.0 Å². The zero-order valence-electron chi connectivity index (χ0n) is 26.1. The van der Waals surface area contributed by atoms with Crippen LogP contribution in [0.4, 0.5) is 0 Å². The van der Waals surface area contributed by atoms with Crippen molar-refractivity contribution in [3.05, 3.63) is 66.4 Å². The molecule has 0 spiro atoms. The van der Waals surface area contributed by atoms with Crippen molar-refractivity contribution in [1.29, 1.82) is 0 Å². The zero-order chi connectivity index (χ0) is 28.9. The smallest absolute Gasteiger partial charge is 0.0651 e. The van der Waals surface area contributed by atoms with Crippen LogP contribution in [0.5, 0.6) is 0 Å². The van der Waals surface area contributed by atoms with Crippen molar-refractivity contribution in [1.82, 2.24) is 4.98 Å². The number of pyridine rings is 1. The molecule has 2 N–H and O–H groups in total. The summed E-state index contributed by atoms with van der Waals surface area (Å²) in [5.41, 5.74) is 3.46. The number of aromatic nitrogens is 1. The van der Waals surface area contributed by atoms with E-state index in [0.29, 0.717) is 11.8 Å². The Morgan fingerprint density at radius 2 is 1.51 bits per heavy atom. The molecule has 2 fully saturated rings. The van der Waals surface area contributed by atoms with Gasteiger partial charge in [0.15, 0.2) is 0 Å². The molecule has 2 saturated carbocycles. The first-order valence-electron chi connectivity index (χ1n) is 16.0. The van der Waals surface area contributed by atoms with Crippen LogP contribution in [0, 0.1) is 28.7 Å². The van der Waals surface area contributed by atoms with E-state index >= 15 is 0 Å². The maximum atomic E-state index is 11.2. The van der Waals surface area contributed by atoms with Gasteiger partial charge in [0, 0.05) is 32.2 Å². The fourth-order valence-corrected chi connectivity index (χ4v) is 7.78. The van der Waals surface area contributed by atoms with Crippen molar-refractivity contribution in [2.75, 3.05) is 0 Å². The third-order valence-corrected chi connectivity index (χ3v) is 11.0. The quantitative estimate of drug-likeness (QED) is 0.248. The Bertz CT molecular complexity index is 1220. The second-order valence-electron chi connectivity index (χ2n) is 12.9. The van der Waals surface area contributed by atoms with Gasteiger partial charge in [0.05, 0.1) is 12.2 Å². The Morgan fingerprint density at radius 1 is 0.854 bits per heavy atom. The Kier molecular flexibility index (Phi) is 12.2. The van der Waals surface area contributed by atoms with Gasteiger partial charge in [0.2, 0.25) is 0 Å². The third-order valence-electron chi connectivity index (χ3n) is 11.0. The van der Waals surface area contributed by atoms with Gasteiger partial charge in [-0.05, 0) is 96.1 Å². The molecule has 1 aromatic heterocycles. The molecular formula is C37H52IrNO2-.